The maximum absolute atomic E-state index is 11.2. The molecule has 0 saturated carbocycles. The van der Waals surface area contributed by atoms with Crippen LogP contribution in [0.4, 0.5) is 0 Å². The molecule has 0 radical (unpaired) electrons. The van der Waals surface area contributed by atoms with E-state index in [4.69, 9.17) is 0 Å². The Kier molecular flexibility index (Phi) is 8.06. The molecule has 0 heterocycles. The predicted octanol–water partition coefficient (Wildman–Crippen LogP) is 1.98. The summed E-state index contributed by atoms with van der Waals surface area (Å²) in [6, 6.07) is 0.591. The summed E-state index contributed by atoms with van der Waals surface area (Å²) >= 11 is 0. The molecule has 1 unspecified atom stereocenters. The van der Waals surface area contributed by atoms with Crippen LogP contribution in [-0.2, 0) is 9.84 Å². The van der Waals surface area contributed by atoms with Crippen molar-refractivity contribution in [2.75, 3.05) is 18.6 Å². The van der Waals surface area contributed by atoms with Crippen molar-refractivity contribution < 1.29 is 8.42 Å². The maximum atomic E-state index is 11.2. The highest BCUT2D eigenvalue weighted by Crippen LogP contribution is 2.07. The van der Waals surface area contributed by atoms with Gasteiger partial charge in [0.1, 0.15) is 9.84 Å². The molecule has 0 aliphatic rings. The summed E-state index contributed by atoms with van der Waals surface area (Å²) in [5, 5.41) is 3.25. The summed E-state index contributed by atoms with van der Waals surface area (Å²) in [6.07, 6.45) is 5.26. The van der Waals surface area contributed by atoms with Crippen molar-refractivity contribution in [2.45, 2.75) is 52.0 Å². The van der Waals surface area contributed by atoms with Gasteiger partial charge < -0.3 is 5.32 Å². The van der Waals surface area contributed by atoms with Gasteiger partial charge in [0.25, 0.3) is 0 Å². The molecule has 0 spiro atoms. The fourth-order valence-electron chi connectivity index (χ4n) is 1.59. The molecule has 0 aromatic rings. The lowest BCUT2D eigenvalue weighted by molar-refractivity contribution is 0.480. The Morgan fingerprint density at radius 2 is 1.80 bits per heavy atom. The monoisotopic (exact) mass is 235 g/mol. The largest absolute Gasteiger partial charge is 0.317 e. The van der Waals surface area contributed by atoms with E-state index in [1.807, 2.05) is 7.05 Å². The lowest BCUT2D eigenvalue weighted by Gasteiger charge is -2.12. The molecule has 0 amide bonds. The zero-order chi connectivity index (χ0) is 11.7. The molecule has 0 saturated heterocycles. The molecule has 1 N–H and O–H groups in total. The molecule has 1 atom stereocenters. The van der Waals surface area contributed by atoms with E-state index in [9.17, 15) is 8.42 Å². The molecule has 92 valence electrons. The predicted molar refractivity (Wildman–Crippen MR) is 65.9 cm³/mol. The highest BCUT2D eigenvalue weighted by molar-refractivity contribution is 7.91. The standard InChI is InChI=1S/C11H25NO2S/c1-4-11(12-3)9-7-6-8-10-15(13,14)5-2/h11-12H,4-10H2,1-3H3. The number of rotatable bonds is 9. The molecule has 0 fully saturated rings. The van der Waals surface area contributed by atoms with Gasteiger partial charge >= 0.3 is 0 Å². The van der Waals surface area contributed by atoms with Gasteiger partial charge in [0, 0.05) is 11.8 Å². The fourth-order valence-corrected chi connectivity index (χ4v) is 2.52. The third kappa shape index (κ3) is 7.79. The van der Waals surface area contributed by atoms with Gasteiger partial charge in [-0.2, -0.15) is 0 Å². The average Bonchev–Trinajstić information content (AvgIpc) is 2.23. The zero-order valence-electron chi connectivity index (χ0n) is 10.3. The van der Waals surface area contributed by atoms with Crippen LogP contribution in [0.15, 0.2) is 0 Å². The number of unbranched alkanes of at least 4 members (excludes halogenated alkanes) is 2. The smallest absolute Gasteiger partial charge is 0.150 e. The van der Waals surface area contributed by atoms with Crippen LogP contribution < -0.4 is 5.32 Å². The first-order valence-electron chi connectivity index (χ1n) is 5.93. The van der Waals surface area contributed by atoms with E-state index in [-0.39, 0.29) is 5.75 Å². The second-order valence-electron chi connectivity index (χ2n) is 3.98. The normalized spacial score (nSPS) is 14.1. The first-order chi connectivity index (χ1) is 7.05. The molecule has 0 aliphatic carbocycles. The molecule has 4 heteroatoms. The first kappa shape index (κ1) is 14.9. The third-order valence-electron chi connectivity index (χ3n) is 2.85. The van der Waals surface area contributed by atoms with Gasteiger partial charge in [-0.15, -0.1) is 0 Å². The van der Waals surface area contributed by atoms with Crippen LogP contribution in [0.5, 0.6) is 0 Å². The minimum atomic E-state index is -2.75. The number of nitrogens with one attached hydrogen (secondary N) is 1. The van der Waals surface area contributed by atoms with Gasteiger partial charge in [-0.05, 0) is 26.3 Å². The fraction of sp³-hybridized carbons (Fsp3) is 1.00. The van der Waals surface area contributed by atoms with Crippen molar-refractivity contribution in [2.24, 2.45) is 0 Å². The van der Waals surface area contributed by atoms with Gasteiger partial charge in [-0.3, -0.25) is 0 Å². The Hall–Kier alpha value is -0.0900. The molecule has 0 aliphatic heterocycles. The van der Waals surface area contributed by atoms with E-state index in [0.717, 1.165) is 32.1 Å². The SMILES string of the molecule is CCC(CCCCCS(=O)(=O)CC)NC. The summed E-state index contributed by atoms with van der Waals surface area (Å²) in [5.74, 6) is 0.640. The highest BCUT2D eigenvalue weighted by Gasteiger charge is 2.07. The summed E-state index contributed by atoms with van der Waals surface area (Å²) in [4.78, 5) is 0. The van der Waals surface area contributed by atoms with Gasteiger partial charge in [0.15, 0.2) is 0 Å². The van der Waals surface area contributed by atoms with E-state index in [1.165, 1.54) is 0 Å². The Morgan fingerprint density at radius 1 is 1.13 bits per heavy atom. The Morgan fingerprint density at radius 3 is 2.27 bits per heavy atom. The van der Waals surface area contributed by atoms with E-state index < -0.39 is 9.84 Å². The summed E-state index contributed by atoms with van der Waals surface area (Å²) in [6.45, 7) is 3.88. The maximum Gasteiger partial charge on any atom is 0.150 e. The summed E-state index contributed by atoms with van der Waals surface area (Å²) < 4.78 is 22.4. The Bertz CT molecular complexity index is 233. The van der Waals surface area contributed by atoms with Crippen LogP contribution in [0.1, 0.15) is 46.0 Å². The van der Waals surface area contributed by atoms with Crippen LogP contribution in [0, 0.1) is 0 Å². The number of hydrogen-bond acceptors (Lipinski definition) is 3. The zero-order valence-corrected chi connectivity index (χ0v) is 11.1. The van der Waals surface area contributed by atoms with Crippen molar-refractivity contribution in [3.8, 4) is 0 Å². The summed E-state index contributed by atoms with van der Waals surface area (Å²) in [5.41, 5.74) is 0. The first-order valence-corrected chi connectivity index (χ1v) is 7.75. The van der Waals surface area contributed by atoms with Crippen LogP contribution in [0.2, 0.25) is 0 Å². The summed E-state index contributed by atoms with van der Waals surface area (Å²) in [7, 11) is -0.765. The molecule has 0 aromatic heterocycles. The molecule has 3 nitrogen and oxygen atoms in total. The molecule has 0 aromatic carbocycles. The van der Waals surface area contributed by atoms with E-state index in [0.29, 0.717) is 11.8 Å². The van der Waals surface area contributed by atoms with Crippen LogP contribution in [-0.4, -0.2) is 33.0 Å². The third-order valence-corrected chi connectivity index (χ3v) is 4.64. The molecule has 15 heavy (non-hydrogen) atoms. The topological polar surface area (TPSA) is 46.2 Å². The van der Waals surface area contributed by atoms with Crippen LogP contribution in [0.25, 0.3) is 0 Å². The van der Waals surface area contributed by atoms with Crippen LogP contribution in [0.3, 0.4) is 0 Å². The van der Waals surface area contributed by atoms with Gasteiger partial charge in [0.05, 0.1) is 5.75 Å². The molecule has 0 bridgehead atoms. The Labute approximate surface area is 94.6 Å². The second-order valence-corrected chi connectivity index (χ2v) is 6.45. The minimum absolute atomic E-state index is 0.279. The number of hydrogen-bond donors (Lipinski definition) is 1. The van der Waals surface area contributed by atoms with Crippen LogP contribution >= 0.6 is 0 Å². The van der Waals surface area contributed by atoms with Crippen molar-refractivity contribution in [1.82, 2.24) is 5.32 Å². The van der Waals surface area contributed by atoms with E-state index >= 15 is 0 Å². The Balaban J connectivity index is 3.47. The van der Waals surface area contributed by atoms with Crippen molar-refractivity contribution >= 4 is 9.84 Å². The molecule has 0 rings (SSSR count). The van der Waals surface area contributed by atoms with E-state index in [1.54, 1.807) is 6.92 Å². The molecular weight excluding hydrogens is 210 g/mol. The van der Waals surface area contributed by atoms with Crippen molar-refractivity contribution in [3.63, 3.8) is 0 Å². The van der Waals surface area contributed by atoms with Gasteiger partial charge in [-0.25, -0.2) is 8.42 Å². The highest BCUT2D eigenvalue weighted by atomic mass is 32.2. The van der Waals surface area contributed by atoms with E-state index in [2.05, 4.69) is 12.2 Å². The van der Waals surface area contributed by atoms with Gasteiger partial charge in [-0.1, -0.05) is 26.7 Å². The van der Waals surface area contributed by atoms with Crippen molar-refractivity contribution in [3.05, 3.63) is 0 Å². The lowest BCUT2D eigenvalue weighted by atomic mass is 10.1. The second kappa shape index (κ2) is 8.11. The number of sulfone groups is 1. The minimum Gasteiger partial charge on any atom is -0.317 e. The average molecular weight is 235 g/mol. The van der Waals surface area contributed by atoms with Crippen molar-refractivity contribution in [1.29, 1.82) is 0 Å². The lowest BCUT2D eigenvalue weighted by Crippen LogP contribution is -2.23. The molecular formula is C11H25NO2S. The van der Waals surface area contributed by atoms with Gasteiger partial charge in [0.2, 0.25) is 0 Å². The quantitative estimate of drug-likeness (QED) is 0.622.